The zero-order valence-corrected chi connectivity index (χ0v) is 18.0. The number of anilines is 3. The first-order valence-corrected chi connectivity index (χ1v) is 10.5. The highest BCUT2D eigenvalue weighted by atomic mass is 16.5. The van der Waals surface area contributed by atoms with Crippen LogP contribution in [0, 0.1) is 0 Å². The Morgan fingerprint density at radius 1 is 0.750 bits per heavy atom. The van der Waals surface area contributed by atoms with Crippen LogP contribution in [0.25, 0.3) is 0 Å². The van der Waals surface area contributed by atoms with E-state index in [0.717, 1.165) is 28.5 Å². The lowest BCUT2D eigenvalue weighted by molar-refractivity contribution is 0.253. The smallest absolute Gasteiger partial charge is 0.333 e. The minimum atomic E-state index is -0.136. The number of benzene rings is 3. The molecule has 32 heavy (non-hydrogen) atoms. The Morgan fingerprint density at radius 2 is 1.34 bits per heavy atom. The van der Waals surface area contributed by atoms with Crippen LogP contribution in [0.1, 0.15) is 5.69 Å². The van der Waals surface area contributed by atoms with Crippen molar-refractivity contribution in [1.29, 1.82) is 0 Å². The molecular formula is C27H25N3O2. The lowest BCUT2D eigenvalue weighted by Crippen LogP contribution is -2.42. The van der Waals surface area contributed by atoms with Crippen molar-refractivity contribution in [1.82, 2.24) is 4.98 Å². The van der Waals surface area contributed by atoms with Crippen LogP contribution >= 0.6 is 0 Å². The SMILES string of the molecule is COc1ccc(N(CCc2ccccn2)C(=O)N(c2ccccc2)c2ccccc2)cc1. The Labute approximate surface area is 188 Å². The van der Waals surface area contributed by atoms with Crippen LogP contribution in [0.2, 0.25) is 0 Å². The van der Waals surface area contributed by atoms with E-state index in [1.807, 2.05) is 103 Å². The highest BCUT2D eigenvalue weighted by Gasteiger charge is 2.25. The van der Waals surface area contributed by atoms with Gasteiger partial charge >= 0.3 is 6.03 Å². The van der Waals surface area contributed by atoms with Crippen molar-refractivity contribution in [3.8, 4) is 5.75 Å². The first kappa shape index (κ1) is 21.1. The van der Waals surface area contributed by atoms with Gasteiger partial charge in [-0.1, -0.05) is 42.5 Å². The van der Waals surface area contributed by atoms with Crippen molar-refractivity contribution in [3.63, 3.8) is 0 Å². The van der Waals surface area contributed by atoms with E-state index in [2.05, 4.69) is 4.98 Å². The molecule has 5 heteroatoms. The molecule has 0 fully saturated rings. The molecule has 0 N–H and O–H groups in total. The molecule has 0 saturated carbocycles. The predicted molar refractivity (Wildman–Crippen MR) is 129 cm³/mol. The lowest BCUT2D eigenvalue weighted by Gasteiger charge is -2.31. The number of amides is 2. The number of pyridine rings is 1. The molecule has 0 aliphatic heterocycles. The highest BCUT2D eigenvalue weighted by molar-refractivity contribution is 6.08. The quantitative estimate of drug-likeness (QED) is 0.361. The number of carbonyl (C=O) groups is 1. The summed E-state index contributed by atoms with van der Waals surface area (Å²) >= 11 is 0. The number of hydrogen-bond donors (Lipinski definition) is 0. The monoisotopic (exact) mass is 423 g/mol. The molecule has 160 valence electrons. The second-order valence-corrected chi connectivity index (χ2v) is 7.21. The fourth-order valence-electron chi connectivity index (χ4n) is 3.51. The van der Waals surface area contributed by atoms with Crippen LogP contribution in [0.15, 0.2) is 109 Å². The van der Waals surface area contributed by atoms with E-state index >= 15 is 0 Å². The van der Waals surface area contributed by atoms with E-state index in [9.17, 15) is 4.79 Å². The average molecular weight is 424 g/mol. The number of nitrogens with zero attached hydrogens (tertiary/aromatic N) is 3. The van der Waals surface area contributed by atoms with Gasteiger partial charge in [0.15, 0.2) is 0 Å². The Bertz CT molecular complexity index is 1080. The summed E-state index contributed by atoms with van der Waals surface area (Å²) in [5, 5.41) is 0. The van der Waals surface area contributed by atoms with Crippen LogP contribution in [0.5, 0.6) is 5.75 Å². The number of methoxy groups -OCH3 is 1. The second kappa shape index (κ2) is 10.3. The highest BCUT2D eigenvalue weighted by Crippen LogP contribution is 2.29. The number of rotatable bonds is 7. The van der Waals surface area contributed by atoms with Gasteiger partial charge in [0.1, 0.15) is 5.75 Å². The molecule has 0 bridgehead atoms. The van der Waals surface area contributed by atoms with Crippen LogP contribution in [0.3, 0.4) is 0 Å². The predicted octanol–water partition coefficient (Wildman–Crippen LogP) is 6.10. The fraction of sp³-hybridized carbons (Fsp3) is 0.111. The summed E-state index contributed by atoms with van der Waals surface area (Å²) in [5.74, 6) is 0.744. The molecule has 2 amide bonds. The zero-order valence-electron chi connectivity index (χ0n) is 18.0. The van der Waals surface area contributed by atoms with Gasteiger partial charge in [0.2, 0.25) is 0 Å². The molecule has 4 aromatic rings. The van der Waals surface area contributed by atoms with Crippen LogP contribution in [-0.4, -0.2) is 24.7 Å². The Hall–Kier alpha value is -4.12. The number of para-hydroxylation sites is 2. The van der Waals surface area contributed by atoms with Crippen LogP contribution in [0.4, 0.5) is 21.9 Å². The topological polar surface area (TPSA) is 45.7 Å². The molecule has 0 aliphatic carbocycles. The maximum absolute atomic E-state index is 14.0. The van der Waals surface area contributed by atoms with Crippen LogP contribution < -0.4 is 14.5 Å². The summed E-state index contributed by atoms with van der Waals surface area (Å²) < 4.78 is 5.30. The maximum Gasteiger partial charge on any atom is 0.333 e. The number of hydrogen-bond acceptors (Lipinski definition) is 3. The van der Waals surface area contributed by atoms with Crippen LogP contribution in [-0.2, 0) is 6.42 Å². The van der Waals surface area contributed by atoms with Gasteiger partial charge in [0, 0.05) is 30.5 Å². The number of carbonyl (C=O) groups excluding carboxylic acids is 1. The van der Waals surface area contributed by atoms with E-state index in [0.29, 0.717) is 13.0 Å². The van der Waals surface area contributed by atoms with Gasteiger partial charge in [0.05, 0.1) is 18.5 Å². The molecular weight excluding hydrogens is 398 g/mol. The molecule has 0 atom stereocenters. The molecule has 3 aromatic carbocycles. The van der Waals surface area contributed by atoms with Crippen molar-refractivity contribution >= 4 is 23.1 Å². The summed E-state index contributed by atoms with van der Waals surface area (Å²) in [7, 11) is 1.63. The molecule has 0 spiro atoms. The van der Waals surface area contributed by atoms with E-state index < -0.39 is 0 Å². The third kappa shape index (κ3) is 4.95. The Morgan fingerprint density at radius 3 is 1.88 bits per heavy atom. The number of ether oxygens (including phenoxy) is 1. The van der Waals surface area contributed by atoms with E-state index in [-0.39, 0.29) is 6.03 Å². The van der Waals surface area contributed by atoms with Gasteiger partial charge in [-0.3, -0.25) is 14.8 Å². The number of aromatic nitrogens is 1. The second-order valence-electron chi connectivity index (χ2n) is 7.21. The van der Waals surface area contributed by atoms with Gasteiger partial charge in [-0.2, -0.15) is 0 Å². The molecule has 0 unspecified atom stereocenters. The normalized spacial score (nSPS) is 10.4. The minimum Gasteiger partial charge on any atom is -0.497 e. The first-order valence-electron chi connectivity index (χ1n) is 10.5. The van der Waals surface area contributed by atoms with Crippen molar-refractivity contribution in [2.24, 2.45) is 0 Å². The molecule has 0 aliphatic rings. The summed E-state index contributed by atoms with van der Waals surface area (Å²) in [6.45, 7) is 0.484. The molecule has 1 aromatic heterocycles. The lowest BCUT2D eigenvalue weighted by atomic mass is 10.2. The Kier molecular flexibility index (Phi) is 6.78. The first-order chi connectivity index (χ1) is 15.8. The average Bonchev–Trinajstić information content (AvgIpc) is 2.87. The summed E-state index contributed by atoms with van der Waals surface area (Å²) in [6, 6.07) is 32.6. The third-order valence-corrected chi connectivity index (χ3v) is 5.15. The standard InChI is InChI=1S/C27H25N3O2/c1-32-26-17-15-23(16-18-26)29(21-19-22-10-8-9-20-28-22)27(31)30(24-11-4-2-5-12-24)25-13-6-3-7-14-25/h2-18,20H,19,21H2,1H3. The zero-order chi connectivity index (χ0) is 22.2. The maximum atomic E-state index is 14.0. The fourth-order valence-corrected chi connectivity index (χ4v) is 3.51. The van der Waals surface area contributed by atoms with Crippen molar-refractivity contribution in [3.05, 3.63) is 115 Å². The van der Waals surface area contributed by atoms with Gasteiger partial charge in [-0.25, -0.2) is 4.79 Å². The van der Waals surface area contributed by atoms with E-state index in [1.54, 1.807) is 23.1 Å². The van der Waals surface area contributed by atoms with Gasteiger partial charge in [0.25, 0.3) is 0 Å². The van der Waals surface area contributed by atoms with Crippen molar-refractivity contribution in [2.75, 3.05) is 23.5 Å². The van der Waals surface area contributed by atoms with Crippen molar-refractivity contribution in [2.45, 2.75) is 6.42 Å². The summed E-state index contributed by atoms with van der Waals surface area (Å²) in [6.07, 6.45) is 2.41. The summed E-state index contributed by atoms with van der Waals surface area (Å²) in [5.41, 5.74) is 3.34. The molecule has 0 radical (unpaired) electrons. The van der Waals surface area contributed by atoms with E-state index in [1.165, 1.54) is 0 Å². The minimum absolute atomic E-state index is 0.136. The van der Waals surface area contributed by atoms with Gasteiger partial charge in [-0.05, 0) is 60.7 Å². The molecule has 0 saturated heterocycles. The van der Waals surface area contributed by atoms with Gasteiger partial charge < -0.3 is 4.74 Å². The Balaban J connectivity index is 1.72. The largest absolute Gasteiger partial charge is 0.497 e. The number of urea groups is 1. The van der Waals surface area contributed by atoms with E-state index in [4.69, 9.17) is 4.74 Å². The summed E-state index contributed by atoms with van der Waals surface area (Å²) in [4.78, 5) is 22.0. The molecule has 5 nitrogen and oxygen atoms in total. The molecule has 1 heterocycles. The van der Waals surface area contributed by atoms with Gasteiger partial charge in [-0.15, -0.1) is 0 Å². The third-order valence-electron chi connectivity index (χ3n) is 5.15. The van der Waals surface area contributed by atoms with Crippen molar-refractivity contribution < 1.29 is 9.53 Å². The molecule has 4 rings (SSSR count).